The monoisotopic (exact) mass is 402 g/mol. The molecule has 0 radical (unpaired) electrons. The molecule has 0 aliphatic carbocycles. The van der Waals surface area contributed by atoms with E-state index in [1.54, 1.807) is 0 Å². The van der Waals surface area contributed by atoms with Gasteiger partial charge in [0.1, 0.15) is 24.3 Å². The molecule has 2 heterocycles. The molecule has 0 bridgehead atoms. The van der Waals surface area contributed by atoms with Crippen molar-refractivity contribution < 1.29 is 9.47 Å². The SMILES string of the molecule is CC1(c2ccccc2Cl)COC(CC2=NC(C)(c3ccccc3Cl)CO2)=N1. The molecule has 0 N–H and O–H groups in total. The first-order chi connectivity index (χ1) is 12.9. The summed E-state index contributed by atoms with van der Waals surface area (Å²) < 4.78 is 11.7. The van der Waals surface area contributed by atoms with Crippen LogP contribution in [-0.2, 0) is 20.6 Å². The molecule has 140 valence electrons. The lowest BCUT2D eigenvalue weighted by Gasteiger charge is -2.19. The molecule has 4 rings (SSSR count). The Morgan fingerprint density at radius 3 is 1.59 bits per heavy atom. The van der Waals surface area contributed by atoms with Crippen molar-refractivity contribution in [2.75, 3.05) is 13.2 Å². The molecular weight excluding hydrogens is 383 g/mol. The Kier molecular flexibility index (Phi) is 4.65. The van der Waals surface area contributed by atoms with Crippen LogP contribution in [0.3, 0.4) is 0 Å². The van der Waals surface area contributed by atoms with E-state index in [2.05, 4.69) is 0 Å². The Bertz CT molecular complexity index is 868. The van der Waals surface area contributed by atoms with Gasteiger partial charge in [0.05, 0.1) is 6.42 Å². The summed E-state index contributed by atoms with van der Waals surface area (Å²) in [6.45, 7) is 4.93. The van der Waals surface area contributed by atoms with Crippen LogP contribution in [0.15, 0.2) is 58.5 Å². The quantitative estimate of drug-likeness (QED) is 0.689. The average molecular weight is 403 g/mol. The molecule has 0 saturated heterocycles. The molecule has 27 heavy (non-hydrogen) atoms. The zero-order valence-corrected chi connectivity index (χ0v) is 16.7. The van der Waals surface area contributed by atoms with Gasteiger partial charge in [-0.25, -0.2) is 9.98 Å². The molecule has 0 amide bonds. The Hall–Kier alpha value is -2.04. The predicted octanol–water partition coefficient (Wildman–Crippen LogP) is 5.37. The number of benzene rings is 2. The molecule has 0 spiro atoms. The first-order valence-electron chi connectivity index (χ1n) is 8.83. The van der Waals surface area contributed by atoms with Gasteiger partial charge >= 0.3 is 0 Å². The third-order valence-corrected chi connectivity index (χ3v) is 5.65. The molecule has 2 aromatic carbocycles. The van der Waals surface area contributed by atoms with Crippen LogP contribution < -0.4 is 0 Å². The number of hydrogen-bond acceptors (Lipinski definition) is 4. The fourth-order valence-electron chi connectivity index (χ4n) is 3.51. The number of aliphatic imine (C=N–C) groups is 2. The predicted molar refractivity (Wildman–Crippen MR) is 109 cm³/mol. The molecular formula is C21H20Cl2N2O2. The topological polar surface area (TPSA) is 43.2 Å². The van der Waals surface area contributed by atoms with Gasteiger partial charge in [0.2, 0.25) is 0 Å². The lowest BCUT2D eigenvalue weighted by Crippen LogP contribution is -2.21. The smallest absolute Gasteiger partial charge is 0.193 e. The zero-order valence-electron chi connectivity index (χ0n) is 15.2. The second-order valence-electron chi connectivity index (χ2n) is 7.27. The van der Waals surface area contributed by atoms with Gasteiger partial charge in [-0.2, -0.15) is 0 Å². The molecule has 2 unspecified atom stereocenters. The molecule has 2 aliphatic heterocycles. The minimum Gasteiger partial charge on any atom is -0.478 e. The molecule has 4 nitrogen and oxygen atoms in total. The van der Waals surface area contributed by atoms with Gasteiger partial charge in [0.15, 0.2) is 11.8 Å². The fourth-order valence-corrected chi connectivity index (χ4v) is 4.19. The highest BCUT2D eigenvalue weighted by atomic mass is 35.5. The Balaban J connectivity index is 1.55. The van der Waals surface area contributed by atoms with Crippen LogP contribution in [0.4, 0.5) is 0 Å². The third kappa shape index (κ3) is 3.44. The van der Waals surface area contributed by atoms with Crippen LogP contribution in [0.25, 0.3) is 0 Å². The van der Waals surface area contributed by atoms with E-state index in [4.69, 9.17) is 42.7 Å². The van der Waals surface area contributed by atoms with Crippen LogP contribution in [0.1, 0.15) is 31.4 Å². The maximum atomic E-state index is 6.35. The number of hydrogen-bond donors (Lipinski definition) is 0. The molecule has 2 aromatic rings. The van der Waals surface area contributed by atoms with Crippen molar-refractivity contribution in [3.8, 4) is 0 Å². The van der Waals surface area contributed by atoms with Crippen LogP contribution in [0, 0.1) is 0 Å². The van der Waals surface area contributed by atoms with E-state index in [1.807, 2.05) is 62.4 Å². The number of rotatable bonds is 4. The summed E-state index contributed by atoms with van der Waals surface area (Å²) in [5.74, 6) is 1.22. The maximum absolute atomic E-state index is 6.35. The summed E-state index contributed by atoms with van der Waals surface area (Å²) in [6, 6.07) is 15.4. The van der Waals surface area contributed by atoms with E-state index in [1.165, 1.54) is 0 Å². The highest BCUT2D eigenvalue weighted by Crippen LogP contribution is 2.37. The maximum Gasteiger partial charge on any atom is 0.193 e. The summed E-state index contributed by atoms with van der Waals surface area (Å²) in [5, 5.41) is 1.38. The largest absolute Gasteiger partial charge is 0.478 e. The standard InChI is InChI=1S/C21H20Cl2N2O2/c1-20(14-7-3-5-9-16(14)22)12-26-18(24-20)11-19-25-21(2,13-27-19)15-8-4-6-10-17(15)23/h3-10H,11-13H2,1-2H3. The minimum atomic E-state index is -0.501. The molecule has 2 aliphatic rings. The van der Waals surface area contributed by atoms with Gasteiger partial charge in [-0.1, -0.05) is 59.6 Å². The second kappa shape index (κ2) is 6.84. The van der Waals surface area contributed by atoms with E-state index in [-0.39, 0.29) is 0 Å². The van der Waals surface area contributed by atoms with Gasteiger partial charge in [0.25, 0.3) is 0 Å². The zero-order chi connectivity index (χ0) is 19.1. The van der Waals surface area contributed by atoms with Crippen molar-refractivity contribution in [1.82, 2.24) is 0 Å². The van der Waals surface area contributed by atoms with E-state index in [0.717, 1.165) is 11.1 Å². The number of nitrogens with zero attached hydrogens (tertiary/aromatic N) is 2. The van der Waals surface area contributed by atoms with Crippen LogP contribution in [0.2, 0.25) is 10.0 Å². The molecule has 6 heteroatoms. The normalized spacial score (nSPS) is 27.0. The lowest BCUT2D eigenvalue weighted by molar-refractivity contribution is 0.256. The lowest BCUT2D eigenvalue weighted by atomic mass is 9.94. The highest BCUT2D eigenvalue weighted by Gasteiger charge is 2.39. The van der Waals surface area contributed by atoms with Gasteiger partial charge < -0.3 is 9.47 Å². The van der Waals surface area contributed by atoms with Crippen molar-refractivity contribution in [3.05, 3.63) is 69.7 Å². The second-order valence-corrected chi connectivity index (χ2v) is 8.09. The summed E-state index contributed by atoms with van der Waals surface area (Å²) in [4.78, 5) is 9.55. The van der Waals surface area contributed by atoms with E-state index >= 15 is 0 Å². The van der Waals surface area contributed by atoms with Gasteiger partial charge in [-0.15, -0.1) is 0 Å². The van der Waals surface area contributed by atoms with Crippen LogP contribution in [-0.4, -0.2) is 25.0 Å². The first kappa shape index (κ1) is 18.3. The van der Waals surface area contributed by atoms with E-state index in [9.17, 15) is 0 Å². The minimum absolute atomic E-state index is 0.417. The van der Waals surface area contributed by atoms with Gasteiger partial charge in [0, 0.05) is 21.2 Å². The summed E-state index contributed by atoms with van der Waals surface area (Å²) in [5.41, 5.74) is 0.909. The van der Waals surface area contributed by atoms with Crippen molar-refractivity contribution in [1.29, 1.82) is 0 Å². The average Bonchev–Trinajstić information content (AvgIpc) is 3.20. The van der Waals surface area contributed by atoms with Gasteiger partial charge in [-0.3, -0.25) is 0 Å². The van der Waals surface area contributed by atoms with Crippen molar-refractivity contribution in [2.24, 2.45) is 9.98 Å². The Labute approximate surface area is 168 Å². The van der Waals surface area contributed by atoms with Crippen LogP contribution >= 0.6 is 23.2 Å². The molecule has 2 atom stereocenters. The third-order valence-electron chi connectivity index (χ3n) is 4.99. The molecule has 0 fully saturated rings. The molecule has 0 aromatic heterocycles. The Morgan fingerprint density at radius 2 is 1.19 bits per heavy atom. The number of ether oxygens (including phenoxy) is 2. The first-order valence-corrected chi connectivity index (χ1v) is 9.58. The van der Waals surface area contributed by atoms with Crippen molar-refractivity contribution in [2.45, 2.75) is 31.3 Å². The fraction of sp³-hybridized carbons (Fsp3) is 0.333. The highest BCUT2D eigenvalue weighted by molar-refractivity contribution is 6.31. The van der Waals surface area contributed by atoms with Crippen molar-refractivity contribution >= 4 is 35.0 Å². The number of halogens is 2. The van der Waals surface area contributed by atoms with E-state index in [0.29, 0.717) is 41.5 Å². The van der Waals surface area contributed by atoms with Gasteiger partial charge in [-0.05, 0) is 26.0 Å². The summed E-state index contributed by atoms with van der Waals surface area (Å²) in [6.07, 6.45) is 0.417. The van der Waals surface area contributed by atoms with Crippen molar-refractivity contribution in [3.63, 3.8) is 0 Å². The van der Waals surface area contributed by atoms with Crippen LogP contribution in [0.5, 0.6) is 0 Å². The summed E-state index contributed by atoms with van der Waals surface area (Å²) >= 11 is 12.7. The Morgan fingerprint density at radius 1 is 0.778 bits per heavy atom. The van der Waals surface area contributed by atoms with E-state index < -0.39 is 11.1 Å². The summed E-state index contributed by atoms with van der Waals surface area (Å²) in [7, 11) is 0. The molecule has 0 saturated carbocycles.